The Hall–Kier alpha value is -3.81. The molecule has 150 valence electrons. The SMILES string of the molecule is CCCc1ccc(OCc2ccc(C(=O)Nc3cc([N+](=O)[O-])ccc3O)o2)cc1. The fraction of sp³-hybridized carbons (Fsp3) is 0.190. The Bertz CT molecular complexity index is 1010. The monoisotopic (exact) mass is 396 g/mol. The first-order chi connectivity index (χ1) is 14.0. The molecule has 0 atom stereocenters. The Labute approximate surface area is 166 Å². The number of non-ortho nitro benzene ring substituents is 1. The molecule has 2 aromatic carbocycles. The van der Waals surface area contributed by atoms with Gasteiger partial charge in [-0.25, -0.2) is 0 Å². The van der Waals surface area contributed by atoms with Crippen LogP contribution in [0.4, 0.5) is 11.4 Å². The molecule has 1 aromatic heterocycles. The van der Waals surface area contributed by atoms with Gasteiger partial charge in [-0.15, -0.1) is 0 Å². The maximum Gasteiger partial charge on any atom is 0.291 e. The number of aromatic hydroxyl groups is 1. The zero-order valence-electron chi connectivity index (χ0n) is 15.8. The standard InChI is InChI=1S/C21H20N2O6/c1-2-3-14-4-7-16(8-5-14)28-13-17-9-11-20(29-17)21(25)22-18-12-15(23(26)27)6-10-19(18)24/h4-12,24H,2-3,13H2,1H3,(H,22,25). The molecule has 3 rings (SSSR count). The molecule has 0 radical (unpaired) electrons. The Balaban J connectivity index is 1.61. The molecule has 1 amide bonds. The van der Waals surface area contributed by atoms with Gasteiger partial charge in [0, 0.05) is 12.1 Å². The predicted molar refractivity (Wildman–Crippen MR) is 106 cm³/mol. The number of furan rings is 1. The van der Waals surface area contributed by atoms with E-state index < -0.39 is 10.8 Å². The molecule has 2 N–H and O–H groups in total. The maximum absolute atomic E-state index is 12.3. The number of carbonyl (C=O) groups excluding carboxylic acids is 1. The molecule has 0 unspecified atom stereocenters. The number of benzene rings is 2. The van der Waals surface area contributed by atoms with Gasteiger partial charge in [-0.3, -0.25) is 14.9 Å². The summed E-state index contributed by atoms with van der Waals surface area (Å²) < 4.78 is 11.1. The van der Waals surface area contributed by atoms with E-state index in [4.69, 9.17) is 9.15 Å². The molecule has 3 aromatic rings. The highest BCUT2D eigenvalue weighted by molar-refractivity contribution is 6.03. The fourth-order valence-corrected chi connectivity index (χ4v) is 2.69. The number of amides is 1. The Morgan fingerprint density at radius 3 is 2.62 bits per heavy atom. The lowest BCUT2D eigenvalue weighted by atomic mass is 10.1. The van der Waals surface area contributed by atoms with Crippen LogP contribution in [0.1, 0.15) is 35.2 Å². The number of ether oxygens (including phenoxy) is 1. The summed E-state index contributed by atoms with van der Waals surface area (Å²) in [6.45, 7) is 2.26. The van der Waals surface area contributed by atoms with E-state index in [1.54, 1.807) is 6.07 Å². The van der Waals surface area contributed by atoms with Crippen LogP contribution in [0.2, 0.25) is 0 Å². The number of nitro benzene ring substituents is 1. The number of phenolic OH excluding ortho intramolecular Hbond substituents is 1. The molecule has 29 heavy (non-hydrogen) atoms. The number of rotatable bonds is 8. The van der Waals surface area contributed by atoms with Gasteiger partial charge in [-0.05, 0) is 42.3 Å². The quantitative estimate of drug-likeness (QED) is 0.325. The first-order valence-electron chi connectivity index (χ1n) is 9.05. The smallest absolute Gasteiger partial charge is 0.291 e. The summed E-state index contributed by atoms with van der Waals surface area (Å²) in [5, 5.41) is 23.0. The lowest BCUT2D eigenvalue weighted by molar-refractivity contribution is -0.384. The largest absolute Gasteiger partial charge is 0.506 e. The molecule has 8 heteroatoms. The predicted octanol–water partition coefficient (Wildman–Crippen LogP) is 4.68. The molecule has 0 spiro atoms. The summed E-state index contributed by atoms with van der Waals surface area (Å²) in [5.41, 5.74) is 0.906. The summed E-state index contributed by atoms with van der Waals surface area (Å²) in [6.07, 6.45) is 2.09. The zero-order valence-corrected chi connectivity index (χ0v) is 15.8. The van der Waals surface area contributed by atoms with Crippen LogP contribution in [0.5, 0.6) is 11.5 Å². The molecular weight excluding hydrogens is 376 g/mol. The maximum atomic E-state index is 12.3. The van der Waals surface area contributed by atoms with E-state index in [0.717, 1.165) is 31.0 Å². The van der Waals surface area contributed by atoms with Crippen LogP contribution in [-0.2, 0) is 13.0 Å². The molecule has 0 saturated heterocycles. The van der Waals surface area contributed by atoms with Crippen LogP contribution >= 0.6 is 0 Å². The number of carbonyl (C=O) groups is 1. The third kappa shape index (κ3) is 5.13. The van der Waals surface area contributed by atoms with Gasteiger partial charge in [0.05, 0.1) is 10.6 Å². The van der Waals surface area contributed by atoms with Crippen molar-refractivity contribution < 1.29 is 24.0 Å². The molecular formula is C21H20N2O6. The first kappa shape index (κ1) is 19.9. The van der Waals surface area contributed by atoms with Gasteiger partial charge in [0.15, 0.2) is 5.76 Å². The highest BCUT2D eigenvalue weighted by Gasteiger charge is 2.16. The number of hydrogen-bond donors (Lipinski definition) is 2. The van der Waals surface area contributed by atoms with E-state index in [2.05, 4.69) is 12.2 Å². The van der Waals surface area contributed by atoms with Gasteiger partial charge in [-0.2, -0.15) is 0 Å². The van der Waals surface area contributed by atoms with Gasteiger partial charge >= 0.3 is 0 Å². The van der Waals surface area contributed by atoms with Crippen LogP contribution < -0.4 is 10.1 Å². The Morgan fingerprint density at radius 1 is 1.17 bits per heavy atom. The second-order valence-corrected chi connectivity index (χ2v) is 6.36. The minimum absolute atomic E-state index is 0.00667. The average molecular weight is 396 g/mol. The van der Waals surface area contributed by atoms with Gasteiger partial charge in [0.25, 0.3) is 11.6 Å². The summed E-state index contributed by atoms with van der Waals surface area (Å²) in [5.74, 6) is 0.194. The number of nitro groups is 1. The van der Waals surface area contributed by atoms with E-state index in [1.807, 2.05) is 24.3 Å². The molecule has 0 bridgehead atoms. The average Bonchev–Trinajstić information content (AvgIpc) is 3.18. The Morgan fingerprint density at radius 2 is 1.93 bits per heavy atom. The van der Waals surface area contributed by atoms with Crippen LogP contribution in [0.25, 0.3) is 0 Å². The summed E-state index contributed by atoms with van der Waals surface area (Å²) in [4.78, 5) is 22.5. The van der Waals surface area contributed by atoms with E-state index in [1.165, 1.54) is 11.6 Å². The highest BCUT2D eigenvalue weighted by Crippen LogP contribution is 2.28. The summed E-state index contributed by atoms with van der Waals surface area (Å²) in [7, 11) is 0. The second-order valence-electron chi connectivity index (χ2n) is 6.36. The van der Waals surface area contributed by atoms with Crippen molar-refractivity contribution in [3.63, 3.8) is 0 Å². The minimum atomic E-state index is -0.643. The van der Waals surface area contributed by atoms with Crippen LogP contribution in [0.15, 0.2) is 59.0 Å². The van der Waals surface area contributed by atoms with Crippen molar-refractivity contribution >= 4 is 17.3 Å². The summed E-state index contributed by atoms with van der Waals surface area (Å²) >= 11 is 0. The van der Waals surface area contributed by atoms with Crippen molar-refractivity contribution in [3.8, 4) is 11.5 Å². The van der Waals surface area contributed by atoms with E-state index in [-0.39, 0.29) is 29.5 Å². The molecule has 0 aliphatic carbocycles. The van der Waals surface area contributed by atoms with E-state index >= 15 is 0 Å². The lowest BCUT2D eigenvalue weighted by Gasteiger charge is -2.06. The molecule has 8 nitrogen and oxygen atoms in total. The van der Waals surface area contributed by atoms with Gasteiger partial charge in [0.2, 0.25) is 0 Å². The normalized spacial score (nSPS) is 10.5. The number of nitrogens with one attached hydrogen (secondary N) is 1. The van der Waals surface area contributed by atoms with E-state index in [0.29, 0.717) is 11.5 Å². The Kier molecular flexibility index (Phi) is 6.13. The molecule has 0 aliphatic heterocycles. The number of nitrogens with zero attached hydrogens (tertiary/aromatic N) is 1. The van der Waals surface area contributed by atoms with Gasteiger partial charge in [0.1, 0.15) is 23.9 Å². The van der Waals surface area contributed by atoms with Crippen LogP contribution in [0.3, 0.4) is 0 Å². The number of aryl methyl sites for hydroxylation is 1. The highest BCUT2D eigenvalue weighted by atomic mass is 16.6. The van der Waals surface area contributed by atoms with Crippen LogP contribution in [0, 0.1) is 10.1 Å². The second kappa shape index (κ2) is 8.92. The molecule has 0 saturated carbocycles. The fourth-order valence-electron chi connectivity index (χ4n) is 2.69. The number of hydrogen-bond acceptors (Lipinski definition) is 6. The van der Waals surface area contributed by atoms with Crippen molar-refractivity contribution in [2.75, 3.05) is 5.32 Å². The molecule has 1 heterocycles. The zero-order chi connectivity index (χ0) is 20.8. The van der Waals surface area contributed by atoms with Crippen molar-refractivity contribution in [1.29, 1.82) is 0 Å². The van der Waals surface area contributed by atoms with Crippen molar-refractivity contribution in [3.05, 3.63) is 81.8 Å². The number of anilines is 1. The van der Waals surface area contributed by atoms with Gasteiger partial charge in [-0.1, -0.05) is 25.5 Å². The van der Waals surface area contributed by atoms with Crippen molar-refractivity contribution in [2.24, 2.45) is 0 Å². The first-order valence-corrected chi connectivity index (χ1v) is 9.05. The third-order valence-electron chi connectivity index (χ3n) is 4.17. The third-order valence-corrected chi connectivity index (χ3v) is 4.17. The van der Waals surface area contributed by atoms with Crippen LogP contribution in [-0.4, -0.2) is 15.9 Å². The van der Waals surface area contributed by atoms with Gasteiger partial charge < -0.3 is 19.6 Å². The topological polar surface area (TPSA) is 115 Å². The minimum Gasteiger partial charge on any atom is -0.506 e. The van der Waals surface area contributed by atoms with Crippen molar-refractivity contribution in [2.45, 2.75) is 26.4 Å². The number of phenols is 1. The molecule has 0 fully saturated rings. The summed E-state index contributed by atoms with van der Waals surface area (Å²) in [6, 6.07) is 14.2. The van der Waals surface area contributed by atoms with E-state index in [9.17, 15) is 20.0 Å². The molecule has 0 aliphatic rings. The van der Waals surface area contributed by atoms with Crippen molar-refractivity contribution in [1.82, 2.24) is 0 Å². The lowest BCUT2D eigenvalue weighted by Crippen LogP contribution is -2.11.